The van der Waals surface area contributed by atoms with E-state index in [0.717, 1.165) is 43.1 Å². The zero-order valence-electron chi connectivity index (χ0n) is 21.6. The average molecular weight is 539 g/mol. The number of fused-ring (bicyclic) bond motifs is 2. The van der Waals surface area contributed by atoms with Crippen LogP contribution in [0.25, 0.3) is 0 Å². The number of pyridine rings is 1. The van der Waals surface area contributed by atoms with Crippen LogP contribution in [0.2, 0.25) is 0 Å². The summed E-state index contributed by atoms with van der Waals surface area (Å²) in [5.74, 6) is -2.72. The molecular formula is C29H29F3N4O3. The number of anilines is 1. The molecule has 2 bridgehead atoms. The number of nitrogens with zero attached hydrogens (tertiary/aromatic N) is 2. The number of piperidine rings is 1. The first-order valence-electron chi connectivity index (χ1n) is 12.9. The standard InChI is InChI=1S/C29H29F3N4O3/c1-16-21(4-3-5-25(16)39-2)29(38)35-18-12-19-7-8-20(13-18)36(19)26-11-6-17(14-33-26)28(37)34-15-22-23(30)9-10-24(31)27(22)32/h3-6,9-11,14,18-20H,7-8,12-13,15H2,1-2H3,(H,34,37)(H,35,38)/t18-,19+,20-. The topological polar surface area (TPSA) is 83.6 Å². The van der Waals surface area contributed by atoms with Crippen molar-refractivity contribution in [1.82, 2.24) is 15.6 Å². The molecule has 0 unspecified atom stereocenters. The van der Waals surface area contributed by atoms with Gasteiger partial charge in [-0.25, -0.2) is 18.2 Å². The quantitative estimate of drug-likeness (QED) is 0.427. The number of hydrogen-bond acceptors (Lipinski definition) is 5. The number of methoxy groups -OCH3 is 1. The maximum atomic E-state index is 13.9. The highest BCUT2D eigenvalue weighted by Gasteiger charge is 2.42. The number of halogens is 3. The molecule has 0 aliphatic carbocycles. The number of ether oxygens (including phenoxy) is 1. The smallest absolute Gasteiger partial charge is 0.253 e. The number of rotatable bonds is 7. The van der Waals surface area contributed by atoms with Gasteiger partial charge in [-0.15, -0.1) is 0 Å². The van der Waals surface area contributed by atoms with Crippen molar-refractivity contribution in [2.75, 3.05) is 12.0 Å². The highest BCUT2D eigenvalue weighted by Crippen LogP contribution is 2.38. The van der Waals surface area contributed by atoms with Crippen molar-refractivity contribution >= 4 is 17.6 Å². The molecule has 204 valence electrons. The zero-order chi connectivity index (χ0) is 27.7. The number of carbonyl (C=O) groups excluding carboxylic acids is 2. The van der Waals surface area contributed by atoms with Gasteiger partial charge in [0.15, 0.2) is 11.6 Å². The summed E-state index contributed by atoms with van der Waals surface area (Å²) < 4.78 is 46.5. The fraction of sp³-hybridized carbons (Fsp3) is 0.345. The highest BCUT2D eigenvalue weighted by molar-refractivity contribution is 5.96. The van der Waals surface area contributed by atoms with Gasteiger partial charge in [0.05, 0.1) is 12.7 Å². The van der Waals surface area contributed by atoms with E-state index in [-0.39, 0.29) is 29.6 Å². The molecule has 2 saturated heterocycles. The minimum atomic E-state index is -1.32. The predicted molar refractivity (Wildman–Crippen MR) is 139 cm³/mol. The molecule has 3 aromatic rings. The van der Waals surface area contributed by atoms with Gasteiger partial charge in [0.1, 0.15) is 17.4 Å². The first-order valence-corrected chi connectivity index (χ1v) is 12.9. The first kappa shape index (κ1) is 26.5. The third kappa shape index (κ3) is 5.28. The van der Waals surface area contributed by atoms with Gasteiger partial charge < -0.3 is 20.3 Å². The van der Waals surface area contributed by atoms with Crippen LogP contribution in [0.4, 0.5) is 19.0 Å². The molecule has 3 atom stereocenters. The molecule has 2 aromatic carbocycles. The fourth-order valence-corrected chi connectivity index (χ4v) is 5.69. The summed E-state index contributed by atoms with van der Waals surface area (Å²) in [7, 11) is 1.58. The molecule has 0 spiro atoms. The van der Waals surface area contributed by atoms with E-state index in [1.807, 2.05) is 13.0 Å². The van der Waals surface area contributed by atoms with Crippen LogP contribution >= 0.6 is 0 Å². The van der Waals surface area contributed by atoms with E-state index in [1.165, 1.54) is 6.20 Å². The lowest BCUT2D eigenvalue weighted by Gasteiger charge is -2.40. The van der Waals surface area contributed by atoms with E-state index in [0.29, 0.717) is 17.4 Å². The van der Waals surface area contributed by atoms with Gasteiger partial charge in [-0.2, -0.15) is 0 Å². The van der Waals surface area contributed by atoms with E-state index in [4.69, 9.17) is 4.74 Å². The number of hydrogen-bond donors (Lipinski definition) is 2. The van der Waals surface area contributed by atoms with Crippen LogP contribution < -0.4 is 20.3 Å². The van der Waals surface area contributed by atoms with Crippen molar-refractivity contribution in [3.05, 3.63) is 88.4 Å². The third-order valence-corrected chi connectivity index (χ3v) is 7.66. The Morgan fingerprint density at radius 3 is 2.38 bits per heavy atom. The van der Waals surface area contributed by atoms with E-state index < -0.39 is 35.5 Å². The molecule has 2 aliphatic heterocycles. The second kappa shape index (κ2) is 11.0. The molecule has 5 rings (SSSR count). The largest absolute Gasteiger partial charge is 0.496 e. The van der Waals surface area contributed by atoms with E-state index in [1.54, 1.807) is 31.4 Å². The number of aromatic nitrogens is 1. The Labute approximate surface area is 224 Å². The Kier molecular flexibility index (Phi) is 7.45. The first-order chi connectivity index (χ1) is 18.8. The van der Waals surface area contributed by atoms with Crippen LogP contribution in [0.3, 0.4) is 0 Å². The molecule has 3 heterocycles. The van der Waals surface area contributed by atoms with Gasteiger partial charge in [-0.1, -0.05) is 6.07 Å². The maximum Gasteiger partial charge on any atom is 0.253 e. The number of amides is 2. The summed E-state index contributed by atoms with van der Waals surface area (Å²) in [6.45, 7) is 1.38. The lowest BCUT2D eigenvalue weighted by atomic mass is 9.96. The van der Waals surface area contributed by atoms with Crippen molar-refractivity contribution in [1.29, 1.82) is 0 Å². The van der Waals surface area contributed by atoms with Crippen LogP contribution in [-0.2, 0) is 6.54 Å². The summed E-state index contributed by atoms with van der Waals surface area (Å²) in [6, 6.07) is 10.7. The summed E-state index contributed by atoms with van der Waals surface area (Å²) in [4.78, 5) is 32.3. The van der Waals surface area contributed by atoms with Crippen LogP contribution in [0.15, 0.2) is 48.7 Å². The van der Waals surface area contributed by atoms with Crippen molar-refractivity contribution in [3.8, 4) is 5.75 Å². The molecule has 10 heteroatoms. The molecule has 2 fully saturated rings. The SMILES string of the molecule is COc1cccc(C(=O)N[C@H]2C[C@H]3CC[C@@H](C2)N3c2ccc(C(=O)NCc3c(F)ccc(F)c3F)cn2)c1C. The van der Waals surface area contributed by atoms with Gasteiger partial charge in [0, 0.05) is 47.6 Å². The fourth-order valence-electron chi connectivity index (χ4n) is 5.69. The Morgan fingerprint density at radius 2 is 1.72 bits per heavy atom. The predicted octanol–water partition coefficient (Wildman–Crippen LogP) is 4.68. The van der Waals surface area contributed by atoms with Crippen LogP contribution in [0.1, 0.15) is 57.5 Å². The molecule has 0 radical (unpaired) electrons. The Hall–Kier alpha value is -4.08. The van der Waals surface area contributed by atoms with Crippen molar-refractivity contribution in [2.24, 2.45) is 0 Å². The minimum absolute atomic E-state index is 0.0329. The van der Waals surface area contributed by atoms with Crippen molar-refractivity contribution in [3.63, 3.8) is 0 Å². The van der Waals surface area contributed by atoms with Gasteiger partial charge in [0.25, 0.3) is 11.8 Å². The van der Waals surface area contributed by atoms with E-state index in [9.17, 15) is 22.8 Å². The molecule has 2 N–H and O–H groups in total. The lowest BCUT2D eigenvalue weighted by molar-refractivity contribution is 0.0923. The van der Waals surface area contributed by atoms with Gasteiger partial charge in [-0.3, -0.25) is 9.59 Å². The van der Waals surface area contributed by atoms with Crippen LogP contribution in [-0.4, -0.2) is 42.0 Å². The molecule has 7 nitrogen and oxygen atoms in total. The summed E-state index contributed by atoms with van der Waals surface area (Å²) in [5, 5.41) is 5.61. The molecule has 2 amide bonds. The van der Waals surface area contributed by atoms with E-state index in [2.05, 4.69) is 20.5 Å². The normalized spacial score (nSPS) is 20.0. The van der Waals surface area contributed by atoms with Gasteiger partial charge >= 0.3 is 0 Å². The molecule has 1 aromatic heterocycles. The van der Waals surface area contributed by atoms with Crippen LogP contribution in [0.5, 0.6) is 5.75 Å². The lowest BCUT2D eigenvalue weighted by Crippen LogP contribution is -2.50. The van der Waals surface area contributed by atoms with Crippen LogP contribution in [0, 0.1) is 24.4 Å². The Bertz CT molecular complexity index is 1390. The average Bonchev–Trinajstić information content (AvgIpc) is 3.20. The Morgan fingerprint density at radius 1 is 1.00 bits per heavy atom. The van der Waals surface area contributed by atoms with E-state index >= 15 is 0 Å². The molecular weight excluding hydrogens is 509 g/mol. The zero-order valence-corrected chi connectivity index (χ0v) is 21.6. The monoisotopic (exact) mass is 538 g/mol. The van der Waals surface area contributed by atoms with Crippen molar-refractivity contribution < 1.29 is 27.5 Å². The molecule has 39 heavy (non-hydrogen) atoms. The second-order valence-electron chi connectivity index (χ2n) is 9.98. The van der Waals surface area contributed by atoms with Gasteiger partial charge in [-0.05, 0) is 69.0 Å². The third-order valence-electron chi connectivity index (χ3n) is 7.66. The molecule has 0 saturated carbocycles. The number of benzene rings is 2. The van der Waals surface area contributed by atoms with Crippen molar-refractivity contribution in [2.45, 2.75) is 57.3 Å². The molecule has 2 aliphatic rings. The summed E-state index contributed by atoms with van der Waals surface area (Å²) in [5.41, 5.74) is 1.08. The highest BCUT2D eigenvalue weighted by atomic mass is 19.2. The minimum Gasteiger partial charge on any atom is -0.496 e. The maximum absolute atomic E-state index is 13.9. The number of nitrogens with one attached hydrogen (secondary N) is 2. The summed E-state index contributed by atoms with van der Waals surface area (Å²) in [6.07, 6.45) is 4.93. The number of carbonyl (C=O) groups is 2. The van der Waals surface area contributed by atoms with Gasteiger partial charge in [0.2, 0.25) is 0 Å². The Balaban J connectivity index is 1.21. The second-order valence-corrected chi connectivity index (χ2v) is 9.98. The summed E-state index contributed by atoms with van der Waals surface area (Å²) >= 11 is 0.